The Kier molecular flexibility index (Phi) is 5.20. The molecule has 0 aliphatic carbocycles. The maximum absolute atomic E-state index is 10.5. The number of aliphatic carboxylic acids is 1. The summed E-state index contributed by atoms with van der Waals surface area (Å²) >= 11 is 6.91. The highest BCUT2D eigenvalue weighted by Gasteiger charge is 2.03. The molecule has 1 heterocycles. The molecule has 0 spiro atoms. The standard InChI is InChI=1S/C13H12ClN3O2S/c14-10-3-1-9(2-4-10)7-16-11-5-6-15-13(17-11)20-8-12(18)19/h1-6H,7-8H2,(H,18,19)(H,15,16,17). The molecule has 0 fully saturated rings. The number of hydrogen-bond donors (Lipinski definition) is 2. The molecule has 5 nitrogen and oxygen atoms in total. The lowest BCUT2D eigenvalue weighted by atomic mass is 10.2. The van der Waals surface area contributed by atoms with Crippen molar-refractivity contribution in [2.75, 3.05) is 11.1 Å². The fourth-order valence-corrected chi connectivity index (χ4v) is 2.11. The number of nitrogens with one attached hydrogen (secondary N) is 1. The number of anilines is 1. The van der Waals surface area contributed by atoms with Gasteiger partial charge in [-0.3, -0.25) is 4.79 Å². The molecule has 2 N–H and O–H groups in total. The van der Waals surface area contributed by atoms with Crippen molar-refractivity contribution in [2.24, 2.45) is 0 Å². The van der Waals surface area contributed by atoms with Gasteiger partial charge in [0.15, 0.2) is 5.16 Å². The van der Waals surface area contributed by atoms with Gasteiger partial charge in [0.05, 0.1) is 5.75 Å². The Hall–Kier alpha value is -1.79. The van der Waals surface area contributed by atoms with Crippen LogP contribution >= 0.6 is 23.4 Å². The molecule has 104 valence electrons. The first kappa shape index (κ1) is 14.6. The number of carboxylic acid groups (broad SMARTS) is 1. The van der Waals surface area contributed by atoms with Crippen LogP contribution in [0.15, 0.2) is 41.7 Å². The third-order valence-electron chi connectivity index (χ3n) is 2.35. The van der Waals surface area contributed by atoms with Crippen molar-refractivity contribution in [1.29, 1.82) is 0 Å². The third-order valence-corrected chi connectivity index (χ3v) is 3.44. The summed E-state index contributed by atoms with van der Waals surface area (Å²) in [6.45, 7) is 0.608. The first-order valence-corrected chi connectivity index (χ1v) is 7.16. The summed E-state index contributed by atoms with van der Waals surface area (Å²) < 4.78 is 0. The van der Waals surface area contributed by atoms with Gasteiger partial charge in [-0.15, -0.1) is 0 Å². The van der Waals surface area contributed by atoms with Crippen LogP contribution in [0, 0.1) is 0 Å². The first-order valence-electron chi connectivity index (χ1n) is 5.79. The average Bonchev–Trinajstić information content (AvgIpc) is 2.45. The number of hydrogen-bond acceptors (Lipinski definition) is 5. The van der Waals surface area contributed by atoms with Gasteiger partial charge >= 0.3 is 5.97 Å². The van der Waals surface area contributed by atoms with Gasteiger partial charge in [0.2, 0.25) is 0 Å². The minimum Gasteiger partial charge on any atom is -0.481 e. The highest BCUT2D eigenvalue weighted by Crippen LogP contribution is 2.15. The van der Waals surface area contributed by atoms with E-state index in [1.54, 1.807) is 12.3 Å². The minimum absolute atomic E-state index is 0.0549. The molecule has 0 saturated heterocycles. The molecule has 2 aromatic rings. The number of carbonyl (C=O) groups is 1. The van der Waals surface area contributed by atoms with E-state index in [1.165, 1.54) is 0 Å². The summed E-state index contributed by atoms with van der Waals surface area (Å²) in [5.74, 6) is -0.290. The molecule has 0 radical (unpaired) electrons. The van der Waals surface area contributed by atoms with Crippen molar-refractivity contribution in [3.8, 4) is 0 Å². The Bertz CT molecular complexity index is 592. The molecular weight excluding hydrogens is 298 g/mol. The van der Waals surface area contributed by atoms with E-state index in [2.05, 4.69) is 15.3 Å². The van der Waals surface area contributed by atoms with Gasteiger partial charge in [-0.1, -0.05) is 35.5 Å². The van der Waals surface area contributed by atoms with Crippen LogP contribution in [0.25, 0.3) is 0 Å². The predicted molar refractivity (Wildman–Crippen MR) is 79.2 cm³/mol. The summed E-state index contributed by atoms with van der Waals surface area (Å²) in [6.07, 6.45) is 1.60. The zero-order chi connectivity index (χ0) is 14.4. The number of aromatic nitrogens is 2. The molecule has 0 amide bonds. The van der Waals surface area contributed by atoms with E-state index in [4.69, 9.17) is 16.7 Å². The van der Waals surface area contributed by atoms with Crippen LogP contribution in [0.3, 0.4) is 0 Å². The maximum Gasteiger partial charge on any atom is 0.313 e. The van der Waals surface area contributed by atoms with Gasteiger partial charge in [0, 0.05) is 17.8 Å². The Balaban J connectivity index is 1.94. The van der Waals surface area contributed by atoms with Crippen LogP contribution in [-0.4, -0.2) is 26.8 Å². The summed E-state index contributed by atoms with van der Waals surface area (Å²) in [6, 6.07) is 9.24. The van der Waals surface area contributed by atoms with Crippen molar-refractivity contribution in [1.82, 2.24) is 9.97 Å². The van der Waals surface area contributed by atoms with Crippen LogP contribution in [0.4, 0.5) is 5.82 Å². The monoisotopic (exact) mass is 309 g/mol. The molecule has 1 aromatic carbocycles. The molecule has 0 saturated carbocycles. The van der Waals surface area contributed by atoms with E-state index in [1.807, 2.05) is 24.3 Å². The van der Waals surface area contributed by atoms with Gasteiger partial charge in [0.25, 0.3) is 0 Å². The van der Waals surface area contributed by atoms with Crippen LogP contribution < -0.4 is 5.32 Å². The van der Waals surface area contributed by atoms with Gasteiger partial charge < -0.3 is 10.4 Å². The van der Waals surface area contributed by atoms with Gasteiger partial charge in [-0.05, 0) is 23.8 Å². The maximum atomic E-state index is 10.5. The third kappa shape index (κ3) is 4.71. The minimum atomic E-state index is -0.891. The Morgan fingerprint density at radius 3 is 2.75 bits per heavy atom. The lowest BCUT2D eigenvalue weighted by molar-refractivity contribution is -0.133. The number of benzene rings is 1. The lowest BCUT2D eigenvalue weighted by Gasteiger charge is -2.06. The first-order chi connectivity index (χ1) is 9.63. The van der Waals surface area contributed by atoms with E-state index in [0.29, 0.717) is 22.5 Å². The van der Waals surface area contributed by atoms with Crippen LogP contribution in [0.5, 0.6) is 0 Å². The lowest BCUT2D eigenvalue weighted by Crippen LogP contribution is -2.03. The molecule has 0 aliphatic rings. The van der Waals surface area contributed by atoms with E-state index < -0.39 is 5.97 Å². The molecule has 7 heteroatoms. The fraction of sp³-hybridized carbons (Fsp3) is 0.154. The van der Waals surface area contributed by atoms with Gasteiger partial charge in [-0.2, -0.15) is 0 Å². The molecule has 20 heavy (non-hydrogen) atoms. The van der Waals surface area contributed by atoms with Gasteiger partial charge in [-0.25, -0.2) is 9.97 Å². The van der Waals surface area contributed by atoms with Crippen LogP contribution in [0.1, 0.15) is 5.56 Å². The highest BCUT2D eigenvalue weighted by molar-refractivity contribution is 7.99. The molecular formula is C13H12ClN3O2S. The van der Waals surface area contributed by atoms with Crippen molar-refractivity contribution >= 4 is 35.1 Å². The fourth-order valence-electron chi connectivity index (χ4n) is 1.43. The number of halogens is 1. The summed E-state index contributed by atoms with van der Waals surface area (Å²) in [5.41, 5.74) is 1.08. The second-order valence-electron chi connectivity index (χ2n) is 3.89. The van der Waals surface area contributed by atoms with Crippen molar-refractivity contribution in [2.45, 2.75) is 11.7 Å². The summed E-state index contributed by atoms with van der Waals surface area (Å²) in [7, 11) is 0. The van der Waals surface area contributed by atoms with Gasteiger partial charge in [0.1, 0.15) is 5.82 Å². The molecule has 0 aliphatic heterocycles. The molecule has 2 rings (SSSR count). The summed E-state index contributed by atoms with van der Waals surface area (Å²) in [4.78, 5) is 18.7. The van der Waals surface area contributed by atoms with Crippen molar-refractivity contribution in [3.63, 3.8) is 0 Å². The predicted octanol–water partition coefficient (Wildman–Crippen LogP) is 2.92. The van der Waals surface area contributed by atoms with E-state index in [-0.39, 0.29) is 5.75 Å². The molecule has 1 aromatic heterocycles. The van der Waals surface area contributed by atoms with Crippen molar-refractivity contribution in [3.05, 3.63) is 47.1 Å². The highest BCUT2D eigenvalue weighted by atomic mass is 35.5. The topological polar surface area (TPSA) is 75.1 Å². The van der Waals surface area contributed by atoms with E-state index in [0.717, 1.165) is 17.3 Å². The second-order valence-corrected chi connectivity index (χ2v) is 5.27. The quantitative estimate of drug-likeness (QED) is 0.631. The zero-order valence-electron chi connectivity index (χ0n) is 10.4. The molecule has 0 bridgehead atoms. The average molecular weight is 310 g/mol. The smallest absolute Gasteiger partial charge is 0.313 e. The number of thioether (sulfide) groups is 1. The second kappa shape index (κ2) is 7.12. The molecule has 0 atom stereocenters. The normalized spacial score (nSPS) is 10.2. The Morgan fingerprint density at radius 1 is 1.30 bits per heavy atom. The van der Waals surface area contributed by atoms with Crippen LogP contribution in [0.2, 0.25) is 5.02 Å². The SMILES string of the molecule is O=C(O)CSc1nccc(NCc2ccc(Cl)cc2)n1. The van der Waals surface area contributed by atoms with E-state index in [9.17, 15) is 4.79 Å². The van der Waals surface area contributed by atoms with Crippen LogP contribution in [-0.2, 0) is 11.3 Å². The van der Waals surface area contributed by atoms with E-state index >= 15 is 0 Å². The van der Waals surface area contributed by atoms with Crippen molar-refractivity contribution < 1.29 is 9.90 Å². The number of nitrogens with zero attached hydrogens (tertiary/aromatic N) is 2. The summed E-state index contributed by atoms with van der Waals surface area (Å²) in [5, 5.41) is 12.9. The number of carboxylic acids is 1. The largest absolute Gasteiger partial charge is 0.481 e. The Labute approximate surface area is 125 Å². The zero-order valence-corrected chi connectivity index (χ0v) is 12.0. The molecule has 0 unspecified atom stereocenters. The Morgan fingerprint density at radius 2 is 2.05 bits per heavy atom. The number of rotatable bonds is 6.